The number of aryl methyl sites for hydroxylation is 4. The zero-order valence-corrected chi connectivity index (χ0v) is 13.5. The van der Waals surface area contributed by atoms with E-state index >= 15 is 0 Å². The Morgan fingerprint density at radius 2 is 1.77 bits per heavy atom. The van der Waals surface area contributed by atoms with Crippen LogP contribution in [-0.4, -0.2) is 9.67 Å². The van der Waals surface area contributed by atoms with Gasteiger partial charge in [-0.3, -0.25) is 4.79 Å². The molecular weight excluding hydrogens is 274 g/mol. The molecule has 2 aromatic rings. The molecule has 0 aliphatic heterocycles. The molecule has 0 fully saturated rings. The van der Waals surface area contributed by atoms with Crippen molar-refractivity contribution in [3.63, 3.8) is 0 Å². The fourth-order valence-corrected chi connectivity index (χ4v) is 2.59. The maximum atomic E-state index is 11.1. The van der Waals surface area contributed by atoms with E-state index in [1.807, 2.05) is 4.57 Å². The topological polar surface area (TPSA) is 42.2 Å². The number of benzene rings is 1. The smallest absolute Gasteiger partial charge is 0.223 e. The van der Waals surface area contributed by atoms with Crippen molar-refractivity contribution in [1.82, 2.24) is 4.57 Å². The monoisotopic (exact) mass is 299 g/mol. The van der Waals surface area contributed by atoms with E-state index in [2.05, 4.69) is 32.0 Å². The Hall–Kier alpha value is -2.03. The van der Waals surface area contributed by atoms with Crippen molar-refractivity contribution in [2.45, 2.75) is 52.5 Å². The first-order valence-corrected chi connectivity index (χ1v) is 8.01. The Bertz CT molecular complexity index is 673. The highest BCUT2D eigenvalue weighted by Gasteiger charge is 1.99. The summed E-state index contributed by atoms with van der Waals surface area (Å²) in [5, 5.41) is 9.38. The van der Waals surface area contributed by atoms with Crippen LogP contribution in [-0.2, 0) is 13.0 Å². The van der Waals surface area contributed by atoms with Gasteiger partial charge >= 0.3 is 0 Å². The molecule has 0 amide bonds. The van der Waals surface area contributed by atoms with Crippen LogP contribution in [0.5, 0.6) is 5.75 Å². The number of nitrogens with zero attached hydrogens (tertiary/aromatic N) is 1. The van der Waals surface area contributed by atoms with Crippen molar-refractivity contribution < 1.29 is 5.11 Å². The van der Waals surface area contributed by atoms with Crippen molar-refractivity contribution >= 4 is 0 Å². The van der Waals surface area contributed by atoms with Crippen molar-refractivity contribution in [2.75, 3.05) is 0 Å². The fourth-order valence-electron chi connectivity index (χ4n) is 2.59. The molecule has 0 aliphatic rings. The van der Waals surface area contributed by atoms with Crippen molar-refractivity contribution in [3.8, 4) is 5.75 Å². The number of hydrogen-bond acceptors (Lipinski definition) is 2. The molecule has 3 heteroatoms. The van der Waals surface area contributed by atoms with Gasteiger partial charge in [-0.1, -0.05) is 31.0 Å². The van der Waals surface area contributed by atoms with Crippen molar-refractivity contribution in [2.24, 2.45) is 0 Å². The minimum absolute atomic E-state index is 0.169. The van der Waals surface area contributed by atoms with Gasteiger partial charge < -0.3 is 9.67 Å². The van der Waals surface area contributed by atoms with E-state index in [4.69, 9.17) is 0 Å². The summed E-state index contributed by atoms with van der Waals surface area (Å²) in [6.07, 6.45) is 9.03. The SMILES string of the molecule is Cc1ccc(CCCCCCn2ccc(=O)c(O)c2)cc1C. The van der Waals surface area contributed by atoms with E-state index < -0.39 is 0 Å². The summed E-state index contributed by atoms with van der Waals surface area (Å²) in [4.78, 5) is 11.1. The number of pyridine rings is 1. The van der Waals surface area contributed by atoms with Gasteiger partial charge in [0.1, 0.15) is 0 Å². The maximum absolute atomic E-state index is 11.1. The van der Waals surface area contributed by atoms with Crippen LogP contribution in [0.4, 0.5) is 0 Å². The third kappa shape index (κ3) is 4.76. The standard InChI is InChI=1S/C19H25NO2/c1-15-8-9-17(13-16(15)2)7-5-3-4-6-11-20-12-10-18(21)19(22)14-20/h8-10,12-14,22H,3-7,11H2,1-2H3. The highest BCUT2D eigenvalue weighted by atomic mass is 16.3. The maximum Gasteiger partial charge on any atom is 0.223 e. The lowest BCUT2D eigenvalue weighted by molar-refractivity contribution is 0.457. The molecule has 0 bridgehead atoms. The predicted molar refractivity (Wildman–Crippen MR) is 90.5 cm³/mol. The van der Waals surface area contributed by atoms with Crippen LogP contribution in [0, 0.1) is 13.8 Å². The van der Waals surface area contributed by atoms with Gasteiger partial charge in [0, 0.05) is 25.0 Å². The molecule has 118 valence electrons. The molecule has 3 nitrogen and oxygen atoms in total. The van der Waals surface area contributed by atoms with E-state index in [9.17, 15) is 9.90 Å². The van der Waals surface area contributed by atoms with Gasteiger partial charge in [-0.05, 0) is 49.8 Å². The normalized spacial score (nSPS) is 10.8. The highest BCUT2D eigenvalue weighted by molar-refractivity contribution is 5.29. The zero-order chi connectivity index (χ0) is 15.9. The number of rotatable bonds is 7. The van der Waals surface area contributed by atoms with Gasteiger partial charge in [-0.15, -0.1) is 0 Å². The Kier molecular flexibility index (Phi) is 5.82. The number of unbranched alkanes of at least 4 members (excludes halogenated alkanes) is 3. The fraction of sp³-hybridized carbons (Fsp3) is 0.421. The summed E-state index contributed by atoms with van der Waals surface area (Å²) in [6, 6.07) is 8.13. The predicted octanol–water partition coefficient (Wildman–Crippen LogP) is 3.97. The number of aromatic hydroxyl groups is 1. The van der Waals surface area contributed by atoms with Crippen LogP contribution in [0.25, 0.3) is 0 Å². The summed E-state index contributed by atoms with van der Waals surface area (Å²) < 4.78 is 1.88. The molecule has 1 heterocycles. The second kappa shape index (κ2) is 7.83. The molecule has 1 aromatic carbocycles. The van der Waals surface area contributed by atoms with Crippen molar-refractivity contribution in [3.05, 3.63) is 63.6 Å². The molecule has 0 saturated carbocycles. The molecule has 22 heavy (non-hydrogen) atoms. The Morgan fingerprint density at radius 1 is 1.00 bits per heavy atom. The summed E-state index contributed by atoms with van der Waals surface area (Å²) in [5.74, 6) is -0.169. The van der Waals surface area contributed by atoms with Gasteiger partial charge in [0.25, 0.3) is 0 Å². The Balaban J connectivity index is 1.66. The molecule has 0 saturated heterocycles. The van der Waals surface area contributed by atoms with Crippen molar-refractivity contribution in [1.29, 1.82) is 0 Å². The van der Waals surface area contributed by atoms with Gasteiger partial charge in [-0.25, -0.2) is 0 Å². The quantitative estimate of drug-likeness (QED) is 0.786. The summed E-state index contributed by atoms with van der Waals surface area (Å²) in [6.45, 7) is 5.16. The van der Waals surface area contributed by atoms with Crippen LogP contribution in [0.3, 0.4) is 0 Å². The molecule has 0 atom stereocenters. The summed E-state index contributed by atoms with van der Waals surface area (Å²) in [7, 11) is 0. The number of hydrogen-bond donors (Lipinski definition) is 1. The largest absolute Gasteiger partial charge is 0.503 e. The minimum Gasteiger partial charge on any atom is -0.503 e. The first-order valence-electron chi connectivity index (χ1n) is 8.01. The Labute approximate surface area is 132 Å². The van der Waals surface area contributed by atoms with Crippen LogP contribution < -0.4 is 5.43 Å². The lowest BCUT2D eigenvalue weighted by Gasteiger charge is -2.07. The summed E-state index contributed by atoms with van der Waals surface area (Å²) >= 11 is 0. The van der Waals surface area contributed by atoms with Gasteiger partial charge in [0.15, 0.2) is 5.75 Å². The third-order valence-corrected chi connectivity index (χ3v) is 4.16. The Morgan fingerprint density at radius 3 is 2.50 bits per heavy atom. The van der Waals surface area contributed by atoms with Gasteiger partial charge in [0.05, 0.1) is 0 Å². The minimum atomic E-state index is -0.315. The first-order chi connectivity index (χ1) is 10.6. The molecule has 1 N–H and O–H groups in total. The second-order valence-electron chi connectivity index (χ2n) is 6.01. The van der Waals surface area contributed by atoms with E-state index in [1.165, 1.54) is 41.8 Å². The molecule has 2 rings (SSSR count). The second-order valence-corrected chi connectivity index (χ2v) is 6.01. The van der Waals surface area contributed by atoms with Crippen LogP contribution in [0.15, 0.2) is 41.5 Å². The van der Waals surface area contributed by atoms with E-state index in [0.717, 1.165) is 25.8 Å². The lowest BCUT2D eigenvalue weighted by atomic mass is 10.0. The molecule has 0 unspecified atom stereocenters. The zero-order valence-electron chi connectivity index (χ0n) is 13.5. The number of aromatic nitrogens is 1. The molecule has 0 spiro atoms. The van der Waals surface area contributed by atoms with E-state index in [1.54, 1.807) is 6.20 Å². The van der Waals surface area contributed by atoms with E-state index in [0.29, 0.717) is 0 Å². The third-order valence-electron chi connectivity index (χ3n) is 4.16. The highest BCUT2D eigenvalue weighted by Crippen LogP contribution is 2.13. The molecule has 0 radical (unpaired) electrons. The van der Waals surface area contributed by atoms with Gasteiger partial charge in [-0.2, -0.15) is 0 Å². The molecule has 1 aromatic heterocycles. The van der Waals surface area contributed by atoms with Crippen LogP contribution in [0.1, 0.15) is 42.4 Å². The van der Waals surface area contributed by atoms with Crippen LogP contribution >= 0.6 is 0 Å². The lowest BCUT2D eigenvalue weighted by Crippen LogP contribution is -2.05. The molecular formula is C19H25NO2. The first kappa shape index (κ1) is 16.3. The average Bonchev–Trinajstić information content (AvgIpc) is 2.50. The average molecular weight is 299 g/mol. The van der Waals surface area contributed by atoms with Crippen LogP contribution in [0.2, 0.25) is 0 Å². The summed E-state index contributed by atoms with van der Waals surface area (Å²) in [5.41, 5.74) is 3.83. The van der Waals surface area contributed by atoms with Gasteiger partial charge in [0.2, 0.25) is 5.43 Å². The molecule has 0 aliphatic carbocycles. The van der Waals surface area contributed by atoms with E-state index in [-0.39, 0.29) is 11.2 Å².